The van der Waals surface area contributed by atoms with Crippen LogP contribution in [0.4, 0.5) is 5.69 Å². The number of carbonyl (C=O) groups excluding carboxylic acids is 1. The zero-order valence-corrected chi connectivity index (χ0v) is 19.6. The first-order valence-corrected chi connectivity index (χ1v) is 12.7. The van der Waals surface area contributed by atoms with Gasteiger partial charge in [0, 0.05) is 24.3 Å². The molecule has 0 saturated carbocycles. The van der Waals surface area contributed by atoms with Crippen LogP contribution < -0.4 is 10.0 Å². The van der Waals surface area contributed by atoms with E-state index in [0.717, 1.165) is 17.7 Å². The van der Waals surface area contributed by atoms with Gasteiger partial charge < -0.3 is 5.32 Å². The molecule has 1 fully saturated rings. The number of benzene rings is 3. The smallest absolute Gasteiger partial charge is 0.261 e. The van der Waals surface area contributed by atoms with Crippen molar-refractivity contribution in [3.8, 4) is 0 Å². The van der Waals surface area contributed by atoms with Crippen LogP contribution in [0, 0.1) is 6.92 Å². The molecule has 0 spiro atoms. The number of anilines is 1. The average Bonchev–Trinajstić information content (AvgIpc) is 3.32. The average molecular weight is 464 g/mol. The number of nitrogens with zero attached hydrogens (tertiary/aromatic N) is 1. The van der Waals surface area contributed by atoms with Gasteiger partial charge in [0.25, 0.3) is 15.9 Å². The zero-order chi connectivity index (χ0) is 23.3. The second kappa shape index (κ2) is 10.2. The predicted molar refractivity (Wildman–Crippen MR) is 131 cm³/mol. The summed E-state index contributed by atoms with van der Waals surface area (Å²) in [4.78, 5) is 15.2. The summed E-state index contributed by atoms with van der Waals surface area (Å²) in [6, 6.07) is 21.4. The zero-order valence-electron chi connectivity index (χ0n) is 18.8. The van der Waals surface area contributed by atoms with Gasteiger partial charge in [-0.05, 0) is 80.4 Å². The minimum absolute atomic E-state index is 0.196. The molecule has 172 valence electrons. The minimum atomic E-state index is -3.67. The van der Waals surface area contributed by atoms with Gasteiger partial charge >= 0.3 is 0 Å². The van der Waals surface area contributed by atoms with E-state index in [1.54, 1.807) is 48.5 Å². The molecule has 0 atom stereocenters. The molecule has 4 rings (SSSR count). The van der Waals surface area contributed by atoms with Crippen molar-refractivity contribution >= 4 is 21.6 Å². The highest BCUT2D eigenvalue weighted by atomic mass is 32.2. The van der Waals surface area contributed by atoms with Crippen molar-refractivity contribution in [1.29, 1.82) is 0 Å². The van der Waals surface area contributed by atoms with Gasteiger partial charge in [-0.15, -0.1) is 0 Å². The molecule has 3 aromatic carbocycles. The van der Waals surface area contributed by atoms with Crippen molar-refractivity contribution < 1.29 is 13.2 Å². The molecule has 1 saturated heterocycles. The molecule has 0 aromatic heterocycles. The first-order chi connectivity index (χ1) is 15.9. The van der Waals surface area contributed by atoms with Gasteiger partial charge in [0.1, 0.15) is 0 Å². The maximum Gasteiger partial charge on any atom is 0.261 e. The Morgan fingerprint density at radius 1 is 0.848 bits per heavy atom. The Kier molecular flexibility index (Phi) is 7.11. The van der Waals surface area contributed by atoms with Crippen LogP contribution in [0.3, 0.4) is 0 Å². The number of rotatable bonds is 8. The largest absolute Gasteiger partial charge is 0.348 e. The molecular weight excluding hydrogens is 434 g/mol. The molecule has 1 heterocycles. The van der Waals surface area contributed by atoms with E-state index < -0.39 is 10.0 Å². The number of nitrogens with one attached hydrogen (secondary N) is 2. The molecule has 0 unspecified atom stereocenters. The van der Waals surface area contributed by atoms with E-state index in [1.165, 1.54) is 31.5 Å². The van der Waals surface area contributed by atoms with Crippen LogP contribution in [0.2, 0.25) is 0 Å². The Hall–Kier alpha value is -3.16. The molecule has 0 radical (unpaired) electrons. The second-order valence-corrected chi connectivity index (χ2v) is 10.2. The number of hydrogen-bond acceptors (Lipinski definition) is 4. The van der Waals surface area contributed by atoms with Gasteiger partial charge in [0.05, 0.1) is 4.90 Å². The Balaban J connectivity index is 1.30. The molecule has 1 aliphatic heterocycles. The summed E-state index contributed by atoms with van der Waals surface area (Å²) in [6.45, 7) is 5.66. The summed E-state index contributed by atoms with van der Waals surface area (Å²) in [5, 5.41) is 2.92. The Labute approximate surface area is 195 Å². The lowest BCUT2D eigenvalue weighted by Gasteiger charge is -2.14. The normalized spacial score (nSPS) is 14.2. The molecular formula is C26H29N3O3S. The summed E-state index contributed by atoms with van der Waals surface area (Å²) in [5.41, 5.74) is 4.19. The second-order valence-electron chi connectivity index (χ2n) is 8.48. The lowest BCUT2D eigenvalue weighted by molar-refractivity contribution is 0.0951. The maximum atomic E-state index is 12.5. The quantitative estimate of drug-likeness (QED) is 0.521. The van der Waals surface area contributed by atoms with E-state index in [1.807, 2.05) is 6.92 Å². The molecule has 33 heavy (non-hydrogen) atoms. The lowest BCUT2D eigenvalue weighted by Crippen LogP contribution is -2.23. The van der Waals surface area contributed by atoms with Gasteiger partial charge in [-0.25, -0.2) is 8.42 Å². The molecule has 0 aliphatic carbocycles. The first-order valence-electron chi connectivity index (χ1n) is 11.2. The fourth-order valence-corrected chi connectivity index (χ4v) is 4.93. The van der Waals surface area contributed by atoms with E-state index in [0.29, 0.717) is 17.8 Å². The van der Waals surface area contributed by atoms with Crippen LogP contribution in [0.1, 0.15) is 39.9 Å². The van der Waals surface area contributed by atoms with Crippen LogP contribution in [-0.4, -0.2) is 32.3 Å². The molecule has 3 aromatic rings. The maximum absolute atomic E-state index is 12.5. The number of hydrogen-bond donors (Lipinski definition) is 2. The van der Waals surface area contributed by atoms with Crippen LogP contribution >= 0.6 is 0 Å². The summed E-state index contributed by atoms with van der Waals surface area (Å²) >= 11 is 0. The van der Waals surface area contributed by atoms with Crippen LogP contribution in [0.25, 0.3) is 0 Å². The number of likely N-dealkylation sites (tertiary alicyclic amines) is 1. The summed E-state index contributed by atoms with van der Waals surface area (Å²) in [7, 11) is -3.67. The van der Waals surface area contributed by atoms with Gasteiger partial charge in [-0.3, -0.25) is 14.4 Å². The van der Waals surface area contributed by atoms with Crippen molar-refractivity contribution in [3.63, 3.8) is 0 Å². The Morgan fingerprint density at radius 2 is 1.45 bits per heavy atom. The van der Waals surface area contributed by atoms with E-state index in [2.05, 4.69) is 39.2 Å². The van der Waals surface area contributed by atoms with Crippen LogP contribution in [0.15, 0.2) is 77.7 Å². The number of aryl methyl sites for hydroxylation is 1. The molecule has 6 nitrogen and oxygen atoms in total. The highest BCUT2D eigenvalue weighted by Gasteiger charge is 2.15. The number of carbonyl (C=O) groups is 1. The standard InChI is InChI=1S/C26H29N3O3S/c1-20-4-14-25(15-5-20)33(31,32)28-24-12-10-23(11-13-24)26(30)27-18-21-6-8-22(9-7-21)19-29-16-2-3-17-29/h4-15,28H,2-3,16-19H2,1H3,(H,27,30). The molecule has 7 heteroatoms. The minimum Gasteiger partial charge on any atom is -0.348 e. The van der Waals surface area contributed by atoms with E-state index in [9.17, 15) is 13.2 Å². The van der Waals surface area contributed by atoms with E-state index >= 15 is 0 Å². The van der Waals surface area contributed by atoms with Crippen molar-refractivity contribution in [2.75, 3.05) is 17.8 Å². The topological polar surface area (TPSA) is 78.5 Å². The van der Waals surface area contributed by atoms with Crippen molar-refractivity contribution in [2.24, 2.45) is 0 Å². The summed E-state index contributed by atoms with van der Waals surface area (Å²) in [6.07, 6.45) is 2.56. The monoisotopic (exact) mass is 463 g/mol. The van der Waals surface area contributed by atoms with Crippen molar-refractivity contribution in [1.82, 2.24) is 10.2 Å². The fourth-order valence-electron chi connectivity index (χ4n) is 3.87. The fraction of sp³-hybridized carbons (Fsp3) is 0.269. The van der Waals surface area contributed by atoms with Gasteiger partial charge in [-0.2, -0.15) is 0 Å². The highest BCUT2D eigenvalue weighted by molar-refractivity contribution is 7.92. The van der Waals surface area contributed by atoms with E-state index in [-0.39, 0.29) is 10.8 Å². The predicted octanol–water partition coefficient (Wildman–Crippen LogP) is 4.32. The summed E-state index contributed by atoms with van der Waals surface area (Å²) < 4.78 is 27.6. The van der Waals surface area contributed by atoms with E-state index in [4.69, 9.17) is 0 Å². The molecule has 1 aliphatic rings. The number of sulfonamides is 1. The molecule has 2 N–H and O–H groups in total. The van der Waals surface area contributed by atoms with Gasteiger partial charge in [-0.1, -0.05) is 42.0 Å². The molecule has 0 bridgehead atoms. The van der Waals surface area contributed by atoms with Crippen molar-refractivity contribution in [2.45, 2.75) is 37.8 Å². The third-order valence-electron chi connectivity index (χ3n) is 5.81. The molecule has 1 amide bonds. The Morgan fingerprint density at radius 3 is 2.09 bits per heavy atom. The Bertz CT molecular complexity index is 1180. The third kappa shape index (κ3) is 6.21. The van der Waals surface area contributed by atoms with Gasteiger partial charge in [0.15, 0.2) is 0 Å². The summed E-state index contributed by atoms with van der Waals surface area (Å²) in [5.74, 6) is -0.205. The number of amides is 1. The third-order valence-corrected chi connectivity index (χ3v) is 7.21. The highest BCUT2D eigenvalue weighted by Crippen LogP contribution is 2.18. The van der Waals surface area contributed by atoms with Gasteiger partial charge in [0.2, 0.25) is 0 Å². The SMILES string of the molecule is Cc1ccc(S(=O)(=O)Nc2ccc(C(=O)NCc3ccc(CN4CCCC4)cc3)cc2)cc1. The lowest BCUT2D eigenvalue weighted by atomic mass is 10.1. The van der Waals surface area contributed by atoms with Crippen LogP contribution in [0.5, 0.6) is 0 Å². The van der Waals surface area contributed by atoms with Crippen molar-refractivity contribution in [3.05, 3.63) is 95.1 Å². The van der Waals surface area contributed by atoms with Crippen LogP contribution in [-0.2, 0) is 23.1 Å². The first kappa shape index (κ1) is 23.0.